The monoisotopic (exact) mass is 497 g/mol. The Hall–Kier alpha value is -1.99. The highest BCUT2D eigenvalue weighted by Gasteiger charge is 2.49. The number of nitrogens with zero attached hydrogens (tertiary/aromatic N) is 1. The molecular weight excluding hydrogens is 454 g/mol. The Bertz CT molecular complexity index is 926. The number of benzene rings is 2. The molecule has 1 aliphatic heterocycles. The number of aliphatic hydroxyl groups is 1. The van der Waals surface area contributed by atoms with E-state index in [-0.39, 0.29) is 23.1 Å². The van der Waals surface area contributed by atoms with Gasteiger partial charge in [0.2, 0.25) is 0 Å². The Morgan fingerprint density at radius 2 is 1.46 bits per heavy atom. The Labute approximate surface area is 212 Å². The SMILES string of the molecule is CC(C)(C)C(=O)O[C@@H]1[C@H](O)CN(C(c2ccccc2)c2ccccc2)[C@@H]1CO[Si](C)(C)C(C)(C)C. The highest BCUT2D eigenvalue weighted by molar-refractivity contribution is 6.74. The summed E-state index contributed by atoms with van der Waals surface area (Å²) in [5, 5.41) is 11.3. The Kier molecular flexibility index (Phi) is 8.32. The molecule has 3 rings (SSSR count). The van der Waals surface area contributed by atoms with Gasteiger partial charge in [-0.2, -0.15) is 0 Å². The number of carbonyl (C=O) groups is 1. The molecule has 2 aromatic carbocycles. The average Bonchev–Trinajstić information content (AvgIpc) is 3.07. The molecule has 5 nitrogen and oxygen atoms in total. The smallest absolute Gasteiger partial charge is 0.311 e. The third-order valence-corrected chi connectivity index (χ3v) is 11.9. The van der Waals surface area contributed by atoms with Crippen molar-refractivity contribution in [2.24, 2.45) is 5.41 Å². The van der Waals surface area contributed by atoms with Gasteiger partial charge in [0.25, 0.3) is 0 Å². The van der Waals surface area contributed by atoms with Crippen molar-refractivity contribution < 1.29 is 19.1 Å². The van der Waals surface area contributed by atoms with E-state index in [4.69, 9.17) is 9.16 Å². The maximum atomic E-state index is 12.9. The number of likely N-dealkylation sites (tertiary alicyclic amines) is 1. The maximum Gasteiger partial charge on any atom is 0.311 e. The first kappa shape index (κ1) is 27.6. The Morgan fingerprint density at radius 1 is 0.971 bits per heavy atom. The van der Waals surface area contributed by atoms with Gasteiger partial charge in [0.05, 0.1) is 24.1 Å². The molecule has 0 aliphatic carbocycles. The number of rotatable bonds is 7. The second-order valence-electron chi connectivity index (χ2n) is 12.2. The van der Waals surface area contributed by atoms with Crippen LogP contribution in [0.15, 0.2) is 60.7 Å². The third-order valence-electron chi connectivity index (χ3n) is 7.42. The van der Waals surface area contributed by atoms with E-state index in [2.05, 4.69) is 63.0 Å². The van der Waals surface area contributed by atoms with Crippen LogP contribution in [0.4, 0.5) is 0 Å². The van der Waals surface area contributed by atoms with E-state index in [0.29, 0.717) is 13.2 Å². The molecule has 192 valence electrons. The van der Waals surface area contributed by atoms with Crippen LogP contribution >= 0.6 is 0 Å². The molecule has 2 aromatic rings. The quantitative estimate of drug-likeness (QED) is 0.387. The number of hydrogen-bond donors (Lipinski definition) is 1. The standard InChI is InChI=1S/C29H43NO4Si/c1-28(2,3)27(32)34-26-23(20-33-35(7,8)29(4,5)6)30(19-24(26)31)25(21-15-11-9-12-16-21)22-17-13-10-14-18-22/h9-18,23-26,31H,19-20H2,1-8H3/t23-,24-,26+/m1/s1. The Morgan fingerprint density at radius 3 is 1.89 bits per heavy atom. The summed E-state index contributed by atoms with van der Waals surface area (Å²) in [5.74, 6) is -0.309. The fourth-order valence-electron chi connectivity index (χ4n) is 4.20. The van der Waals surface area contributed by atoms with Gasteiger partial charge in [0.1, 0.15) is 12.2 Å². The zero-order chi connectivity index (χ0) is 26.0. The largest absolute Gasteiger partial charge is 0.457 e. The molecule has 6 heteroatoms. The summed E-state index contributed by atoms with van der Waals surface area (Å²) in [6.45, 7) is 17.4. The van der Waals surface area contributed by atoms with Gasteiger partial charge in [-0.25, -0.2) is 0 Å². The number of esters is 1. The number of β-amino-alcohol motifs (C(OH)–C–C–N with tert-alkyl or cyclic N) is 1. The molecule has 1 fully saturated rings. The van der Waals surface area contributed by atoms with Gasteiger partial charge >= 0.3 is 5.97 Å². The van der Waals surface area contributed by atoms with Crippen molar-refractivity contribution in [2.45, 2.75) is 84.0 Å². The number of aliphatic hydroxyl groups excluding tert-OH is 1. The molecule has 0 saturated carbocycles. The Balaban J connectivity index is 2.03. The predicted molar refractivity (Wildman–Crippen MR) is 144 cm³/mol. The summed E-state index contributed by atoms with van der Waals surface area (Å²) < 4.78 is 12.7. The van der Waals surface area contributed by atoms with Crippen molar-refractivity contribution in [3.05, 3.63) is 71.8 Å². The fourth-order valence-corrected chi connectivity index (χ4v) is 5.22. The first-order chi connectivity index (χ1) is 16.2. The molecule has 35 heavy (non-hydrogen) atoms. The number of hydrogen-bond acceptors (Lipinski definition) is 5. The first-order valence-corrected chi connectivity index (χ1v) is 15.5. The lowest BCUT2D eigenvalue weighted by molar-refractivity contribution is -0.164. The third kappa shape index (κ3) is 6.42. The van der Waals surface area contributed by atoms with E-state index in [1.807, 2.05) is 57.2 Å². The summed E-state index contributed by atoms with van der Waals surface area (Å²) in [4.78, 5) is 15.2. The molecule has 0 unspecified atom stereocenters. The lowest BCUT2D eigenvalue weighted by Crippen LogP contribution is -2.49. The summed E-state index contributed by atoms with van der Waals surface area (Å²) in [6, 6.07) is 20.3. The predicted octanol–water partition coefficient (Wildman–Crippen LogP) is 5.80. The van der Waals surface area contributed by atoms with Gasteiger partial charge in [-0.3, -0.25) is 9.69 Å². The summed E-state index contributed by atoms with van der Waals surface area (Å²) >= 11 is 0. The number of ether oxygens (including phenoxy) is 1. The molecule has 0 spiro atoms. The van der Waals surface area contributed by atoms with Crippen LogP contribution in [0, 0.1) is 5.41 Å². The van der Waals surface area contributed by atoms with Gasteiger partial charge in [-0.15, -0.1) is 0 Å². The molecule has 1 saturated heterocycles. The highest BCUT2D eigenvalue weighted by Crippen LogP contribution is 2.40. The van der Waals surface area contributed by atoms with Gasteiger partial charge in [0, 0.05) is 6.54 Å². The van der Waals surface area contributed by atoms with Crippen LogP contribution in [-0.4, -0.2) is 55.7 Å². The summed E-state index contributed by atoms with van der Waals surface area (Å²) in [5.41, 5.74) is 1.60. The minimum Gasteiger partial charge on any atom is -0.457 e. The minimum atomic E-state index is -2.07. The molecule has 3 atom stereocenters. The summed E-state index contributed by atoms with van der Waals surface area (Å²) in [6.07, 6.45) is -1.47. The van der Waals surface area contributed by atoms with Gasteiger partial charge in [-0.1, -0.05) is 81.4 Å². The lowest BCUT2D eigenvalue weighted by atomic mass is 9.96. The molecule has 0 amide bonds. The minimum absolute atomic E-state index is 0.0465. The number of carbonyl (C=O) groups excluding carboxylic acids is 1. The van der Waals surface area contributed by atoms with Gasteiger partial charge in [-0.05, 0) is 50.0 Å². The van der Waals surface area contributed by atoms with E-state index in [1.165, 1.54) is 0 Å². The van der Waals surface area contributed by atoms with E-state index in [0.717, 1.165) is 11.1 Å². The highest BCUT2D eigenvalue weighted by atomic mass is 28.4. The van der Waals surface area contributed by atoms with E-state index in [1.54, 1.807) is 0 Å². The summed E-state index contributed by atoms with van der Waals surface area (Å²) in [7, 11) is -2.07. The second kappa shape index (κ2) is 10.6. The van der Waals surface area contributed by atoms with Crippen molar-refractivity contribution >= 4 is 14.3 Å². The molecule has 1 N–H and O–H groups in total. The van der Waals surface area contributed by atoms with Crippen LogP contribution in [0.1, 0.15) is 58.7 Å². The lowest BCUT2D eigenvalue weighted by Gasteiger charge is -2.40. The van der Waals surface area contributed by atoms with Crippen molar-refractivity contribution in [1.29, 1.82) is 0 Å². The van der Waals surface area contributed by atoms with Crippen LogP contribution in [0.5, 0.6) is 0 Å². The maximum absolute atomic E-state index is 12.9. The van der Waals surface area contributed by atoms with E-state index < -0.39 is 25.9 Å². The van der Waals surface area contributed by atoms with Crippen molar-refractivity contribution in [3.63, 3.8) is 0 Å². The van der Waals surface area contributed by atoms with Gasteiger partial charge < -0.3 is 14.3 Å². The van der Waals surface area contributed by atoms with E-state index >= 15 is 0 Å². The molecule has 1 heterocycles. The van der Waals surface area contributed by atoms with E-state index in [9.17, 15) is 9.90 Å². The van der Waals surface area contributed by atoms with Gasteiger partial charge in [0.15, 0.2) is 8.32 Å². The molecule has 0 aromatic heterocycles. The van der Waals surface area contributed by atoms with Crippen LogP contribution in [0.25, 0.3) is 0 Å². The van der Waals surface area contributed by atoms with Crippen LogP contribution < -0.4 is 0 Å². The van der Waals surface area contributed by atoms with Crippen molar-refractivity contribution in [1.82, 2.24) is 4.90 Å². The average molecular weight is 498 g/mol. The van der Waals surface area contributed by atoms with Crippen LogP contribution in [-0.2, 0) is 14.0 Å². The van der Waals surface area contributed by atoms with Crippen molar-refractivity contribution in [3.8, 4) is 0 Å². The fraction of sp³-hybridized carbons (Fsp3) is 0.552. The molecule has 1 aliphatic rings. The molecule has 0 bridgehead atoms. The zero-order valence-corrected chi connectivity index (χ0v) is 23.6. The second-order valence-corrected chi connectivity index (χ2v) is 17.1. The molecular formula is C29H43NO4Si. The zero-order valence-electron chi connectivity index (χ0n) is 22.6. The van der Waals surface area contributed by atoms with Crippen LogP contribution in [0.3, 0.4) is 0 Å². The normalized spacial score (nSPS) is 21.9. The van der Waals surface area contributed by atoms with Crippen LogP contribution in [0.2, 0.25) is 18.1 Å². The topological polar surface area (TPSA) is 59.0 Å². The first-order valence-electron chi connectivity index (χ1n) is 12.6. The molecule has 0 radical (unpaired) electrons. The van der Waals surface area contributed by atoms with Crippen molar-refractivity contribution in [2.75, 3.05) is 13.2 Å².